The monoisotopic (exact) mass is 349 g/mol. The van der Waals surface area contributed by atoms with Crippen molar-refractivity contribution in [2.75, 3.05) is 6.54 Å². The Morgan fingerprint density at radius 2 is 1.81 bits per heavy atom. The molecule has 0 saturated carbocycles. The van der Waals surface area contributed by atoms with Crippen molar-refractivity contribution < 1.29 is 4.39 Å². The lowest BCUT2D eigenvalue weighted by Crippen LogP contribution is -2.24. The molecule has 2 rings (SSSR count). The molecule has 112 valence electrons. The molecule has 2 aromatic carbocycles. The Morgan fingerprint density at radius 3 is 2.38 bits per heavy atom. The fourth-order valence-corrected chi connectivity index (χ4v) is 3.03. The van der Waals surface area contributed by atoms with Gasteiger partial charge in [-0.05, 0) is 55.6 Å². The van der Waals surface area contributed by atoms with Crippen LogP contribution in [-0.4, -0.2) is 6.54 Å². The quantitative estimate of drug-likeness (QED) is 0.791. The van der Waals surface area contributed by atoms with Gasteiger partial charge in [-0.3, -0.25) is 0 Å². The van der Waals surface area contributed by atoms with Crippen LogP contribution in [0, 0.1) is 19.7 Å². The molecular formula is C18H21BrFN. The van der Waals surface area contributed by atoms with Crippen molar-refractivity contribution in [2.45, 2.75) is 33.2 Å². The van der Waals surface area contributed by atoms with Gasteiger partial charge in [0, 0.05) is 16.1 Å². The van der Waals surface area contributed by atoms with Crippen molar-refractivity contribution in [2.24, 2.45) is 0 Å². The molecule has 0 aromatic heterocycles. The Morgan fingerprint density at radius 1 is 1.14 bits per heavy atom. The Balaban J connectivity index is 2.35. The molecule has 0 saturated heterocycles. The largest absolute Gasteiger partial charge is 0.310 e. The summed E-state index contributed by atoms with van der Waals surface area (Å²) >= 11 is 3.31. The lowest BCUT2D eigenvalue weighted by molar-refractivity contribution is 0.508. The van der Waals surface area contributed by atoms with Gasteiger partial charge in [0.15, 0.2) is 0 Å². The second-order valence-electron chi connectivity index (χ2n) is 5.35. The van der Waals surface area contributed by atoms with Gasteiger partial charge in [-0.1, -0.05) is 47.1 Å². The van der Waals surface area contributed by atoms with Gasteiger partial charge in [-0.2, -0.15) is 0 Å². The number of likely N-dealkylation sites (N-methyl/N-ethyl adjacent to an activating group) is 1. The summed E-state index contributed by atoms with van der Waals surface area (Å²) in [6.07, 6.45) is 0.797. The van der Waals surface area contributed by atoms with E-state index in [1.165, 1.54) is 22.8 Å². The van der Waals surface area contributed by atoms with E-state index in [-0.39, 0.29) is 11.9 Å². The maximum absolute atomic E-state index is 14.3. The lowest BCUT2D eigenvalue weighted by Gasteiger charge is -2.21. The second-order valence-corrected chi connectivity index (χ2v) is 6.27. The van der Waals surface area contributed by atoms with Crippen molar-refractivity contribution in [3.05, 3.63) is 68.9 Å². The molecule has 0 fully saturated rings. The zero-order valence-electron chi connectivity index (χ0n) is 12.7. The molecule has 1 atom stereocenters. The standard InChI is InChI=1S/C18H21BrFN/c1-4-21-18(15-9-8-14(19)10-17(15)20)11-16-12(2)6-5-7-13(16)3/h5-10,18,21H,4,11H2,1-3H3. The van der Waals surface area contributed by atoms with Gasteiger partial charge in [-0.25, -0.2) is 4.39 Å². The van der Waals surface area contributed by atoms with Crippen molar-refractivity contribution in [1.29, 1.82) is 0 Å². The highest BCUT2D eigenvalue weighted by atomic mass is 79.9. The van der Waals surface area contributed by atoms with Crippen LogP contribution >= 0.6 is 15.9 Å². The molecule has 0 spiro atoms. The number of rotatable bonds is 5. The van der Waals surface area contributed by atoms with Crippen molar-refractivity contribution >= 4 is 15.9 Å². The number of hydrogen-bond acceptors (Lipinski definition) is 1. The highest BCUT2D eigenvalue weighted by molar-refractivity contribution is 9.10. The Hall–Kier alpha value is -1.19. The van der Waals surface area contributed by atoms with Crippen LogP contribution in [0.25, 0.3) is 0 Å². The van der Waals surface area contributed by atoms with E-state index in [0.717, 1.165) is 23.0 Å². The highest BCUT2D eigenvalue weighted by Crippen LogP contribution is 2.26. The summed E-state index contributed by atoms with van der Waals surface area (Å²) in [6.45, 7) is 7.09. The van der Waals surface area contributed by atoms with Gasteiger partial charge >= 0.3 is 0 Å². The van der Waals surface area contributed by atoms with Gasteiger partial charge in [0.2, 0.25) is 0 Å². The first-order chi connectivity index (χ1) is 10.0. The van der Waals surface area contributed by atoms with E-state index in [9.17, 15) is 4.39 Å². The molecule has 0 aliphatic rings. The molecule has 0 amide bonds. The summed E-state index contributed by atoms with van der Waals surface area (Å²) in [4.78, 5) is 0. The van der Waals surface area contributed by atoms with Crippen LogP contribution in [0.1, 0.15) is 35.2 Å². The van der Waals surface area contributed by atoms with Crippen LogP contribution in [0.5, 0.6) is 0 Å². The minimum absolute atomic E-state index is 0.0112. The Labute approximate surface area is 134 Å². The van der Waals surface area contributed by atoms with Crippen LogP contribution < -0.4 is 5.32 Å². The van der Waals surface area contributed by atoms with Crippen LogP contribution in [0.15, 0.2) is 40.9 Å². The van der Waals surface area contributed by atoms with E-state index in [1.807, 2.05) is 12.1 Å². The van der Waals surface area contributed by atoms with E-state index < -0.39 is 0 Å². The first-order valence-corrected chi connectivity index (χ1v) is 8.05. The van der Waals surface area contributed by atoms with E-state index in [1.54, 1.807) is 0 Å². The first-order valence-electron chi connectivity index (χ1n) is 7.26. The number of nitrogens with one attached hydrogen (secondary N) is 1. The highest BCUT2D eigenvalue weighted by Gasteiger charge is 2.17. The molecule has 0 aliphatic carbocycles. The summed E-state index contributed by atoms with van der Waals surface area (Å²) in [5.41, 5.74) is 4.54. The SMILES string of the molecule is CCNC(Cc1c(C)cccc1C)c1ccc(Br)cc1F. The lowest BCUT2D eigenvalue weighted by atomic mass is 9.92. The number of benzene rings is 2. The predicted molar refractivity (Wildman–Crippen MR) is 90.1 cm³/mol. The molecule has 3 heteroatoms. The van der Waals surface area contributed by atoms with Crippen LogP contribution in [0.4, 0.5) is 4.39 Å². The fourth-order valence-electron chi connectivity index (χ4n) is 2.70. The Bertz CT molecular complexity index is 604. The minimum atomic E-state index is -0.165. The summed E-state index contributed by atoms with van der Waals surface area (Å²) < 4.78 is 15.0. The molecule has 1 unspecified atom stereocenters. The van der Waals surface area contributed by atoms with Crippen molar-refractivity contribution in [3.63, 3.8) is 0 Å². The molecule has 2 aromatic rings. The maximum atomic E-state index is 14.3. The van der Waals surface area contributed by atoms with Crippen LogP contribution in [0.3, 0.4) is 0 Å². The summed E-state index contributed by atoms with van der Waals surface area (Å²) in [6, 6.07) is 11.6. The summed E-state index contributed by atoms with van der Waals surface area (Å²) in [5, 5.41) is 3.41. The molecular weight excluding hydrogens is 329 g/mol. The zero-order valence-corrected chi connectivity index (χ0v) is 14.3. The first kappa shape index (κ1) is 16.2. The van der Waals surface area contributed by atoms with Gasteiger partial charge < -0.3 is 5.32 Å². The third-order valence-corrected chi connectivity index (χ3v) is 4.33. The number of halogens is 2. The van der Waals surface area contributed by atoms with E-state index >= 15 is 0 Å². The molecule has 0 heterocycles. The fraction of sp³-hybridized carbons (Fsp3) is 0.333. The third kappa shape index (κ3) is 3.92. The average molecular weight is 350 g/mol. The molecule has 0 aliphatic heterocycles. The van der Waals surface area contributed by atoms with Gasteiger partial charge in [0.05, 0.1) is 0 Å². The smallest absolute Gasteiger partial charge is 0.129 e. The second kappa shape index (κ2) is 7.19. The predicted octanol–water partition coefficient (Wildman–Crippen LogP) is 5.10. The van der Waals surface area contributed by atoms with Gasteiger partial charge in [0.1, 0.15) is 5.82 Å². The maximum Gasteiger partial charge on any atom is 0.129 e. The van der Waals surface area contributed by atoms with Crippen molar-refractivity contribution in [1.82, 2.24) is 5.32 Å². The van der Waals surface area contributed by atoms with E-state index in [2.05, 4.69) is 60.2 Å². The summed E-state index contributed by atoms with van der Waals surface area (Å²) in [7, 11) is 0. The van der Waals surface area contributed by atoms with Crippen molar-refractivity contribution in [3.8, 4) is 0 Å². The van der Waals surface area contributed by atoms with E-state index in [4.69, 9.17) is 0 Å². The third-order valence-electron chi connectivity index (χ3n) is 3.84. The zero-order chi connectivity index (χ0) is 15.4. The topological polar surface area (TPSA) is 12.0 Å². The number of hydrogen-bond donors (Lipinski definition) is 1. The van der Waals surface area contributed by atoms with Crippen LogP contribution in [0.2, 0.25) is 0 Å². The number of aryl methyl sites for hydroxylation is 2. The van der Waals surface area contributed by atoms with Crippen LogP contribution in [-0.2, 0) is 6.42 Å². The Kier molecular flexibility index (Phi) is 5.54. The molecule has 0 bridgehead atoms. The molecule has 1 nitrogen and oxygen atoms in total. The molecule has 1 N–H and O–H groups in total. The van der Waals surface area contributed by atoms with Gasteiger partial charge in [0.25, 0.3) is 0 Å². The average Bonchev–Trinajstić information content (AvgIpc) is 2.42. The van der Waals surface area contributed by atoms with Gasteiger partial charge in [-0.15, -0.1) is 0 Å². The minimum Gasteiger partial charge on any atom is -0.310 e. The summed E-state index contributed by atoms with van der Waals surface area (Å²) in [5.74, 6) is -0.165. The normalized spacial score (nSPS) is 12.4. The molecule has 0 radical (unpaired) electrons. The molecule has 21 heavy (non-hydrogen) atoms. The van der Waals surface area contributed by atoms with E-state index in [0.29, 0.717) is 0 Å².